The molecule has 2 aliphatic rings. The predicted octanol–water partition coefficient (Wildman–Crippen LogP) is 1.47. The molecule has 124 valence electrons. The first-order chi connectivity index (χ1) is 10.9. The molecular formula is C16H21N3O3S. The molecule has 6 nitrogen and oxygen atoms in total. The summed E-state index contributed by atoms with van der Waals surface area (Å²) in [5.41, 5.74) is 0.561. The molecular weight excluding hydrogens is 314 g/mol. The lowest BCUT2D eigenvalue weighted by atomic mass is 10.2. The Morgan fingerprint density at radius 1 is 1.22 bits per heavy atom. The van der Waals surface area contributed by atoms with Gasteiger partial charge in [0.1, 0.15) is 4.90 Å². The van der Waals surface area contributed by atoms with Gasteiger partial charge in [0.15, 0.2) is 5.84 Å². The third-order valence-electron chi connectivity index (χ3n) is 4.61. The molecule has 1 saturated carbocycles. The number of nitrogens with zero attached hydrogens (tertiary/aromatic N) is 3. The van der Waals surface area contributed by atoms with Gasteiger partial charge in [-0.15, -0.1) is 4.40 Å². The molecule has 1 aliphatic carbocycles. The molecule has 0 bridgehead atoms. The summed E-state index contributed by atoms with van der Waals surface area (Å²) in [7, 11) is -0.118. The number of hydrogen-bond donors (Lipinski definition) is 0. The Labute approximate surface area is 136 Å². The summed E-state index contributed by atoms with van der Waals surface area (Å²) in [6, 6.07) is 7.02. The van der Waals surface area contributed by atoms with Gasteiger partial charge in [0, 0.05) is 25.7 Å². The number of hydrogen-bond acceptors (Lipinski definition) is 4. The van der Waals surface area contributed by atoms with Crippen molar-refractivity contribution in [1.82, 2.24) is 9.80 Å². The largest absolute Gasteiger partial charge is 0.349 e. The lowest BCUT2D eigenvalue weighted by Crippen LogP contribution is -2.43. The molecule has 1 aromatic carbocycles. The van der Waals surface area contributed by atoms with Crippen molar-refractivity contribution in [1.29, 1.82) is 0 Å². The number of rotatable bonds is 3. The zero-order valence-electron chi connectivity index (χ0n) is 13.4. The number of amidine groups is 1. The van der Waals surface area contributed by atoms with Crippen molar-refractivity contribution < 1.29 is 13.2 Å². The zero-order chi connectivity index (χ0) is 16.6. The van der Waals surface area contributed by atoms with Gasteiger partial charge in [-0.05, 0) is 25.0 Å². The molecule has 0 N–H and O–H groups in total. The highest BCUT2D eigenvalue weighted by Gasteiger charge is 2.32. The molecule has 1 heterocycles. The molecule has 3 rings (SSSR count). The Morgan fingerprint density at radius 2 is 1.87 bits per heavy atom. The minimum absolute atomic E-state index is 0.0103. The first kappa shape index (κ1) is 16.0. The highest BCUT2D eigenvalue weighted by molar-refractivity contribution is 7.90. The van der Waals surface area contributed by atoms with Crippen LogP contribution in [0.25, 0.3) is 0 Å². The first-order valence-electron chi connectivity index (χ1n) is 7.81. The van der Waals surface area contributed by atoms with Crippen LogP contribution in [-0.2, 0) is 14.8 Å². The maximum atomic E-state index is 12.5. The van der Waals surface area contributed by atoms with Crippen LogP contribution in [0.5, 0.6) is 0 Å². The van der Waals surface area contributed by atoms with Crippen LogP contribution in [0, 0.1) is 0 Å². The normalized spacial score (nSPS) is 19.3. The highest BCUT2D eigenvalue weighted by Crippen LogP contribution is 2.27. The number of amides is 1. The molecule has 0 aromatic heterocycles. The molecule has 7 heteroatoms. The van der Waals surface area contributed by atoms with Crippen LogP contribution in [0.3, 0.4) is 0 Å². The number of carbonyl (C=O) groups excluding carboxylic acids is 1. The van der Waals surface area contributed by atoms with Crippen molar-refractivity contribution in [3.8, 4) is 0 Å². The SMILES string of the molecule is CN(CC(=O)N(C)C1CCCC1)C1=NS(=O)(=O)c2ccccc21. The first-order valence-corrected chi connectivity index (χ1v) is 9.25. The quantitative estimate of drug-likeness (QED) is 0.839. The van der Waals surface area contributed by atoms with E-state index in [1.54, 1.807) is 41.1 Å². The summed E-state index contributed by atoms with van der Waals surface area (Å²) in [4.78, 5) is 16.1. The summed E-state index contributed by atoms with van der Waals surface area (Å²) in [6.45, 7) is 0.121. The van der Waals surface area contributed by atoms with E-state index < -0.39 is 10.0 Å². The lowest BCUT2D eigenvalue weighted by Gasteiger charge is -2.27. The van der Waals surface area contributed by atoms with Gasteiger partial charge in [0.05, 0.1) is 6.54 Å². The lowest BCUT2D eigenvalue weighted by molar-refractivity contribution is -0.132. The van der Waals surface area contributed by atoms with Crippen LogP contribution in [0.4, 0.5) is 0 Å². The van der Waals surface area contributed by atoms with Crippen LogP contribution in [0.1, 0.15) is 31.2 Å². The van der Waals surface area contributed by atoms with Crippen molar-refractivity contribution in [2.75, 3.05) is 20.6 Å². The van der Waals surface area contributed by atoms with Crippen molar-refractivity contribution >= 4 is 21.8 Å². The van der Waals surface area contributed by atoms with Crippen molar-refractivity contribution in [2.45, 2.75) is 36.6 Å². The fourth-order valence-corrected chi connectivity index (χ4v) is 4.50. The molecule has 0 atom stereocenters. The Balaban J connectivity index is 1.76. The maximum absolute atomic E-state index is 12.5. The van der Waals surface area contributed by atoms with Gasteiger partial charge in [-0.1, -0.05) is 25.0 Å². The fraction of sp³-hybridized carbons (Fsp3) is 0.500. The minimum Gasteiger partial charge on any atom is -0.349 e. The molecule has 1 aromatic rings. The average molecular weight is 335 g/mol. The van der Waals surface area contributed by atoms with Crippen LogP contribution < -0.4 is 0 Å². The molecule has 0 spiro atoms. The monoisotopic (exact) mass is 335 g/mol. The smallest absolute Gasteiger partial charge is 0.285 e. The standard InChI is InChI=1S/C16H21N3O3S/c1-18(11-15(20)19(2)12-7-3-4-8-12)16-13-9-5-6-10-14(13)23(21,22)17-16/h5-6,9-10,12H,3-4,7-8,11H2,1-2H3. The second kappa shape index (κ2) is 5.96. The van der Waals surface area contributed by atoms with E-state index in [1.165, 1.54) is 0 Å². The van der Waals surface area contributed by atoms with E-state index in [1.807, 2.05) is 7.05 Å². The van der Waals surface area contributed by atoms with Gasteiger partial charge < -0.3 is 9.80 Å². The molecule has 0 saturated heterocycles. The molecule has 1 fully saturated rings. The second-order valence-corrected chi connectivity index (χ2v) is 7.76. The van der Waals surface area contributed by atoms with Crippen molar-refractivity contribution in [3.63, 3.8) is 0 Å². The van der Waals surface area contributed by atoms with E-state index in [4.69, 9.17) is 0 Å². The van der Waals surface area contributed by atoms with E-state index in [9.17, 15) is 13.2 Å². The minimum atomic E-state index is -3.65. The van der Waals surface area contributed by atoms with Crippen LogP contribution in [0.2, 0.25) is 0 Å². The van der Waals surface area contributed by atoms with Gasteiger partial charge in [0.2, 0.25) is 5.91 Å². The van der Waals surface area contributed by atoms with E-state index >= 15 is 0 Å². The van der Waals surface area contributed by atoms with Gasteiger partial charge in [0.25, 0.3) is 10.0 Å². The second-order valence-electron chi connectivity index (χ2n) is 6.19. The predicted molar refractivity (Wildman–Crippen MR) is 87.8 cm³/mol. The Morgan fingerprint density at radius 3 is 2.57 bits per heavy atom. The summed E-state index contributed by atoms with van der Waals surface area (Å²) < 4.78 is 28.0. The Kier molecular flexibility index (Phi) is 4.14. The van der Waals surface area contributed by atoms with Gasteiger partial charge in [-0.25, -0.2) is 0 Å². The van der Waals surface area contributed by atoms with Crippen molar-refractivity contribution in [3.05, 3.63) is 29.8 Å². The molecule has 1 aliphatic heterocycles. The number of fused-ring (bicyclic) bond motifs is 1. The number of sulfonamides is 1. The molecule has 1 amide bonds. The van der Waals surface area contributed by atoms with Gasteiger partial charge in [-0.2, -0.15) is 8.42 Å². The Bertz CT molecular complexity index is 752. The fourth-order valence-electron chi connectivity index (χ4n) is 3.25. The van der Waals surface area contributed by atoms with Crippen LogP contribution >= 0.6 is 0 Å². The Hall–Kier alpha value is -1.89. The van der Waals surface area contributed by atoms with E-state index in [2.05, 4.69) is 4.40 Å². The van der Waals surface area contributed by atoms with E-state index in [-0.39, 0.29) is 17.3 Å². The summed E-state index contributed by atoms with van der Waals surface area (Å²) in [6.07, 6.45) is 4.42. The van der Waals surface area contributed by atoms with Crippen LogP contribution in [-0.4, -0.2) is 56.6 Å². The molecule has 0 radical (unpaired) electrons. The van der Waals surface area contributed by atoms with Gasteiger partial charge in [-0.3, -0.25) is 4.79 Å². The number of carbonyl (C=O) groups is 1. The topological polar surface area (TPSA) is 70.1 Å². The third-order valence-corrected chi connectivity index (χ3v) is 5.94. The summed E-state index contributed by atoms with van der Waals surface area (Å²) in [5, 5.41) is 0. The van der Waals surface area contributed by atoms with Crippen molar-refractivity contribution in [2.24, 2.45) is 4.40 Å². The number of benzene rings is 1. The van der Waals surface area contributed by atoms with Gasteiger partial charge >= 0.3 is 0 Å². The maximum Gasteiger partial charge on any atom is 0.285 e. The highest BCUT2D eigenvalue weighted by atomic mass is 32.2. The average Bonchev–Trinajstić information content (AvgIpc) is 3.14. The van der Waals surface area contributed by atoms with E-state index in [0.29, 0.717) is 17.4 Å². The third kappa shape index (κ3) is 2.97. The van der Waals surface area contributed by atoms with E-state index in [0.717, 1.165) is 25.7 Å². The molecule has 0 unspecified atom stereocenters. The zero-order valence-corrected chi connectivity index (χ0v) is 14.2. The summed E-state index contributed by atoms with van der Waals surface area (Å²) in [5.74, 6) is 0.331. The molecule has 23 heavy (non-hydrogen) atoms. The summed E-state index contributed by atoms with van der Waals surface area (Å²) >= 11 is 0. The van der Waals surface area contributed by atoms with Crippen LogP contribution in [0.15, 0.2) is 33.6 Å². The number of likely N-dealkylation sites (N-methyl/N-ethyl adjacent to an activating group) is 2.